The normalized spacial score (nSPS) is 11.9. The molecule has 0 amide bonds. The molecular weight excluding hydrogens is 504 g/mol. The number of hydrogen-bond acceptors (Lipinski definition) is 9. The summed E-state index contributed by atoms with van der Waals surface area (Å²) >= 11 is 0. The smallest absolute Gasteiger partial charge is 0.338 e. The minimum Gasteiger partial charge on any atom is -0.493 e. The fourth-order valence-corrected chi connectivity index (χ4v) is 4.53. The Morgan fingerprint density at radius 1 is 0.974 bits per heavy atom. The van der Waals surface area contributed by atoms with Gasteiger partial charge in [-0.2, -0.15) is 0 Å². The summed E-state index contributed by atoms with van der Waals surface area (Å²) in [5.74, 6) is 1.85. The Kier molecular flexibility index (Phi) is 7.02. The predicted octanol–water partition coefficient (Wildman–Crippen LogP) is 5.05. The van der Waals surface area contributed by atoms with Crippen molar-refractivity contribution in [2.75, 3.05) is 20.5 Å². The van der Waals surface area contributed by atoms with Crippen molar-refractivity contribution in [3.63, 3.8) is 0 Å². The molecule has 5 rings (SSSR count). The highest BCUT2D eigenvalue weighted by molar-refractivity contribution is 6.00. The average molecular weight is 533 g/mol. The minimum atomic E-state index is -0.650. The Hall–Kier alpha value is -4.73. The molecule has 0 fully saturated rings. The number of aromatic nitrogens is 2. The third-order valence-electron chi connectivity index (χ3n) is 6.63. The molecule has 0 N–H and O–H groups in total. The van der Waals surface area contributed by atoms with Gasteiger partial charge in [0.2, 0.25) is 12.6 Å². The molecule has 0 bridgehead atoms. The third kappa shape index (κ3) is 5.05. The van der Waals surface area contributed by atoms with E-state index < -0.39 is 12.6 Å². The van der Waals surface area contributed by atoms with Gasteiger partial charge in [-0.15, -0.1) is 0 Å². The number of ketones is 1. The van der Waals surface area contributed by atoms with Gasteiger partial charge >= 0.3 is 5.97 Å². The molecule has 2 aromatic heterocycles. The van der Waals surface area contributed by atoms with Crippen molar-refractivity contribution in [2.45, 2.75) is 34.3 Å². The molecule has 10 nitrogen and oxygen atoms in total. The number of ether oxygens (including phenoxy) is 5. The van der Waals surface area contributed by atoms with Gasteiger partial charge in [-0.05, 0) is 64.1 Å². The van der Waals surface area contributed by atoms with Crippen molar-refractivity contribution in [2.24, 2.45) is 0 Å². The number of Topliss-reactive ketones (excluding diaryl/α,β-unsaturated/α-hetero) is 1. The maximum absolute atomic E-state index is 13.0. The number of carbonyl (C=O) groups is 2. The van der Waals surface area contributed by atoms with Crippen molar-refractivity contribution in [3.8, 4) is 28.7 Å². The number of rotatable bonds is 9. The molecule has 202 valence electrons. The molecule has 0 spiro atoms. The number of fused-ring (bicyclic) bond motifs is 1. The predicted molar refractivity (Wildman–Crippen MR) is 139 cm³/mol. The van der Waals surface area contributed by atoms with Crippen LogP contribution in [0.3, 0.4) is 0 Å². The highest BCUT2D eigenvalue weighted by atomic mass is 16.7. The number of hydrogen-bond donors (Lipinski definition) is 0. The summed E-state index contributed by atoms with van der Waals surface area (Å²) in [7, 11) is 1.48. The summed E-state index contributed by atoms with van der Waals surface area (Å²) < 4.78 is 34.6. The van der Waals surface area contributed by atoms with E-state index in [-0.39, 0.29) is 24.7 Å². The highest BCUT2D eigenvalue weighted by Crippen LogP contribution is 2.35. The van der Waals surface area contributed by atoms with E-state index in [9.17, 15) is 9.59 Å². The first-order valence-electron chi connectivity index (χ1n) is 12.3. The maximum Gasteiger partial charge on any atom is 0.338 e. The van der Waals surface area contributed by atoms with Gasteiger partial charge in [0.25, 0.3) is 0 Å². The Labute approximate surface area is 225 Å². The second-order valence-electron chi connectivity index (χ2n) is 9.11. The lowest BCUT2D eigenvalue weighted by Gasteiger charge is -2.12. The van der Waals surface area contributed by atoms with Crippen LogP contribution >= 0.6 is 0 Å². The molecule has 1 aliphatic heterocycles. The number of nitrogens with zero attached hydrogens (tertiary/aromatic N) is 2. The first kappa shape index (κ1) is 25.9. The molecule has 0 aliphatic carbocycles. The van der Waals surface area contributed by atoms with Crippen molar-refractivity contribution >= 4 is 11.8 Å². The summed E-state index contributed by atoms with van der Waals surface area (Å²) in [5.41, 5.74) is 4.72. The number of benzene rings is 2. The lowest BCUT2D eigenvalue weighted by atomic mass is 10.1. The van der Waals surface area contributed by atoms with Crippen LogP contribution in [-0.2, 0) is 11.3 Å². The van der Waals surface area contributed by atoms with Crippen molar-refractivity contribution < 1.29 is 37.8 Å². The van der Waals surface area contributed by atoms with Gasteiger partial charge in [-0.1, -0.05) is 5.16 Å². The van der Waals surface area contributed by atoms with Gasteiger partial charge in [0, 0.05) is 28.7 Å². The van der Waals surface area contributed by atoms with E-state index in [1.54, 1.807) is 18.2 Å². The molecule has 1 aliphatic rings. The molecule has 0 unspecified atom stereocenters. The fraction of sp³-hybridized carbons (Fsp3) is 0.276. The van der Waals surface area contributed by atoms with Crippen LogP contribution in [0.4, 0.5) is 0 Å². The van der Waals surface area contributed by atoms with Crippen LogP contribution in [0.2, 0.25) is 0 Å². The zero-order valence-corrected chi connectivity index (χ0v) is 22.3. The number of carbonyl (C=O) groups excluding carboxylic acids is 2. The van der Waals surface area contributed by atoms with Crippen LogP contribution < -0.4 is 18.9 Å². The summed E-state index contributed by atoms with van der Waals surface area (Å²) in [4.78, 5) is 25.8. The van der Waals surface area contributed by atoms with Crippen LogP contribution in [0.1, 0.15) is 49.1 Å². The molecule has 0 saturated heterocycles. The second-order valence-corrected chi connectivity index (χ2v) is 9.11. The van der Waals surface area contributed by atoms with E-state index in [2.05, 4.69) is 5.16 Å². The van der Waals surface area contributed by atoms with E-state index >= 15 is 0 Å². The van der Waals surface area contributed by atoms with Gasteiger partial charge in [0.1, 0.15) is 12.4 Å². The topological polar surface area (TPSA) is 111 Å². The SMILES string of the molecule is COc1cc(C(=O)OCC(=O)c2cc(C)n(-c3ccc4c(c3)OCO4)c2C)ccc1OCc1c(C)noc1C. The lowest BCUT2D eigenvalue weighted by molar-refractivity contribution is 0.0474. The number of methoxy groups -OCH3 is 1. The number of esters is 1. The monoisotopic (exact) mass is 532 g/mol. The Bertz CT molecular complexity index is 1550. The van der Waals surface area contributed by atoms with Gasteiger partial charge in [-0.3, -0.25) is 4.79 Å². The molecule has 0 radical (unpaired) electrons. The number of aryl methyl sites for hydroxylation is 3. The van der Waals surface area contributed by atoms with Crippen molar-refractivity contribution in [1.29, 1.82) is 0 Å². The molecular formula is C29H28N2O8. The minimum absolute atomic E-state index is 0.182. The summed E-state index contributed by atoms with van der Waals surface area (Å²) in [6.07, 6.45) is 0. The standard InChI is InChI=1S/C29H28N2O8/c1-16-10-22(18(3)31(16)21-7-9-26-28(12-21)38-15-37-26)24(32)14-36-29(33)20-6-8-25(27(11-20)34-5)35-13-23-17(2)30-39-19(23)4/h6-12H,13-15H2,1-5H3. The largest absolute Gasteiger partial charge is 0.493 e. The van der Waals surface area contributed by atoms with Gasteiger partial charge in [0.05, 0.1) is 23.9 Å². The van der Waals surface area contributed by atoms with E-state index in [1.807, 2.05) is 50.5 Å². The molecule has 39 heavy (non-hydrogen) atoms. The van der Waals surface area contributed by atoms with Gasteiger partial charge in [-0.25, -0.2) is 4.79 Å². The zero-order valence-electron chi connectivity index (χ0n) is 22.3. The zero-order chi connectivity index (χ0) is 27.7. The van der Waals surface area contributed by atoms with Crippen LogP contribution in [0.25, 0.3) is 5.69 Å². The highest BCUT2D eigenvalue weighted by Gasteiger charge is 2.21. The molecule has 0 atom stereocenters. The van der Waals surface area contributed by atoms with E-state index in [0.29, 0.717) is 34.3 Å². The quantitative estimate of drug-likeness (QED) is 0.216. The Balaban J connectivity index is 1.25. The van der Waals surface area contributed by atoms with Crippen LogP contribution in [-0.4, -0.2) is 42.0 Å². The first-order chi connectivity index (χ1) is 18.8. The van der Waals surface area contributed by atoms with E-state index in [0.717, 1.165) is 28.3 Å². The molecule has 2 aromatic carbocycles. The Morgan fingerprint density at radius 3 is 2.51 bits per heavy atom. The molecule has 4 aromatic rings. The van der Waals surface area contributed by atoms with E-state index in [1.165, 1.54) is 13.2 Å². The van der Waals surface area contributed by atoms with Crippen molar-refractivity contribution in [1.82, 2.24) is 9.72 Å². The van der Waals surface area contributed by atoms with Crippen LogP contribution in [0.5, 0.6) is 23.0 Å². The molecule has 0 saturated carbocycles. The van der Waals surface area contributed by atoms with Crippen molar-refractivity contribution in [3.05, 3.63) is 82.0 Å². The summed E-state index contributed by atoms with van der Waals surface area (Å²) in [6, 6.07) is 12.1. The lowest BCUT2D eigenvalue weighted by Crippen LogP contribution is -2.15. The van der Waals surface area contributed by atoms with Gasteiger partial charge < -0.3 is 32.8 Å². The van der Waals surface area contributed by atoms with E-state index in [4.69, 9.17) is 28.2 Å². The molecule has 3 heterocycles. The van der Waals surface area contributed by atoms with Crippen LogP contribution in [0.15, 0.2) is 47.0 Å². The Morgan fingerprint density at radius 2 is 1.77 bits per heavy atom. The summed E-state index contributed by atoms with van der Waals surface area (Å²) in [6.45, 7) is 7.41. The fourth-order valence-electron chi connectivity index (χ4n) is 4.53. The average Bonchev–Trinajstić information content (AvgIpc) is 3.62. The molecule has 10 heteroatoms. The van der Waals surface area contributed by atoms with Crippen LogP contribution in [0, 0.1) is 27.7 Å². The second kappa shape index (κ2) is 10.6. The maximum atomic E-state index is 13.0. The van der Waals surface area contributed by atoms with Gasteiger partial charge in [0.15, 0.2) is 29.6 Å². The first-order valence-corrected chi connectivity index (χ1v) is 12.3. The third-order valence-corrected chi connectivity index (χ3v) is 6.63. The summed E-state index contributed by atoms with van der Waals surface area (Å²) in [5, 5.41) is 3.92.